The number of nitrogens with one attached hydrogen (secondary N) is 4. The van der Waals surface area contributed by atoms with Gasteiger partial charge in [-0.25, -0.2) is 80.2 Å². The van der Waals surface area contributed by atoms with Gasteiger partial charge in [-0.15, -0.1) is 0 Å². The van der Waals surface area contributed by atoms with Crippen LogP contribution in [0, 0.1) is 39.3 Å². The molecule has 8 saturated heterocycles. The summed E-state index contributed by atoms with van der Waals surface area (Å²) in [6, 6.07) is -7.85. The summed E-state index contributed by atoms with van der Waals surface area (Å²) in [5.41, 5.74) is 5.50. The van der Waals surface area contributed by atoms with Crippen LogP contribution >= 0.6 is 0 Å². The third kappa shape index (κ3) is 60.4. The first-order valence-corrected chi connectivity index (χ1v) is 47.3. The van der Waals surface area contributed by atoms with Crippen molar-refractivity contribution in [1.29, 1.82) is 0 Å². The molecule has 0 aromatic carbocycles. The first-order valence-electron chi connectivity index (χ1n) is 36.6. The largest absolute Gasteiger partial charge is 1.00 e. The fourth-order valence-electron chi connectivity index (χ4n) is 12.8. The van der Waals surface area contributed by atoms with Crippen LogP contribution in [0.3, 0.4) is 0 Å². The molecule has 4 amide bonds. The Morgan fingerprint density at radius 3 is 0.853 bits per heavy atom. The Morgan fingerprint density at radius 1 is 0.315 bits per heavy atom. The molecule has 17 N–H and O–H groups in total. The number of aliphatic hydroxyl groups excluding tert-OH is 9. The van der Waals surface area contributed by atoms with E-state index in [9.17, 15) is 143 Å². The van der Waals surface area contributed by atoms with Crippen LogP contribution in [-0.2, 0) is 203 Å². The van der Waals surface area contributed by atoms with Gasteiger partial charge in [0.2, 0.25) is 107 Å². The minimum atomic E-state index is -6.17. The molecule has 0 bridgehead atoms. The van der Waals surface area contributed by atoms with Crippen molar-refractivity contribution < 1.29 is 634 Å². The Balaban J connectivity index is -0.00000160. The molecular weight excluding hydrogens is 2260 g/mol. The zero-order chi connectivity index (χ0) is 98.9. The van der Waals surface area contributed by atoms with Gasteiger partial charge in [0.25, 0.3) is 0 Å². The maximum atomic E-state index is 12.9. The van der Waals surface area contributed by atoms with Gasteiger partial charge >= 0.3 is 355 Å². The molecule has 8 heterocycles. The Morgan fingerprint density at radius 2 is 0.573 bits per heavy atom. The van der Waals surface area contributed by atoms with Crippen molar-refractivity contribution in [2.45, 2.75) is 256 Å². The molecule has 0 radical (unpaired) electrons. The van der Waals surface area contributed by atoms with Crippen LogP contribution in [0.1, 0.15) is 47.0 Å². The number of unbranched alkanes of at least 4 members (excludes halogenated alkanes) is 2. The zero-order valence-electron chi connectivity index (χ0n) is 78.6. The minimum absolute atomic E-state index is 0. The summed E-state index contributed by atoms with van der Waals surface area (Å²) >= 11 is 0. The summed E-state index contributed by atoms with van der Waals surface area (Å²) < 4.78 is 396. The standard InChI is InChI=1S/C57H91N5O53S6.12Na.2H2O4S/c1-20(63)59-36-43(72)40(69)30(16-99-116(76,77)78)107-52(36)103-26-12-95-34(10-24(26)67)111-48-32(18-101-118(82,83)84)109-55(38(45(48)74)61-22(3)65)106-29-15-98-57(51(42(29)71)115-121(91,92)93)113-49-33(19-102-119(85,86)87)110-53(39(46(49)75)62-23(4)66)104-27-13-96-35(11-25(27)68)112-47-31(17-100-117(79,80)81)108-54(37(44(47)73)60-21(2)64)105-28-14-97-56(94-9-7-5-6-8-58)50(41(28)70)114-120(88,89)90;;;;;;;;;;;;;2*1-5(2,3)4/h10-15,24-57,67-75H,5-9,16-19,58H2,1-4H3,(H,59,63)(H,60,64)(H,61,65)(H,62,66)(H,76,77,78)(H,79,80,81)(H,82,83,84)(H,85,86,87)(H,88,89,90)(H,91,92,93);;;;;;;;;;;;;2*(H2,1,2,3,4)/q-6;12*+1;;/p-8/t24-,25-,26+,27+,28+,29+,30?,31?,32?,33?,34-,35-,36?,37?,38?,39?,40+,41-,42-,43+,44+,45+,46+,47+,48+,49+,50?,51?,52-,53-,54-,55-,56+,57-;;;;;;;;;;;;;;/m0............../s1. The van der Waals surface area contributed by atoms with Crippen molar-refractivity contribution in [1.82, 2.24) is 21.3 Å². The molecule has 66 nitrogen and oxygen atoms in total. The molecule has 8 aliphatic heterocycles. The quantitative estimate of drug-likeness (QED) is 0.00890. The number of carbonyl (C=O) groups excluding carboxylic acids is 4. The second kappa shape index (κ2) is 74.6. The summed E-state index contributed by atoms with van der Waals surface area (Å²) in [5, 5.41) is 112. The van der Waals surface area contributed by atoms with Crippen molar-refractivity contribution in [2.24, 2.45) is 5.73 Å². The molecule has 86 heteroatoms. The average molecular weight is 2350 g/mol. The summed E-state index contributed by atoms with van der Waals surface area (Å²) in [7, 11) is -44.3. The van der Waals surface area contributed by atoms with E-state index < -0.39 is 342 Å². The van der Waals surface area contributed by atoms with Gasteiger partial charge in [-0.05, 0) is 50.2 Å². The van der Waals surface area contributed by atoms with Gasteiger partial charge in [0.1, 0.15) is 110 Å². The molecule has 34 atom stereocenters. The van der Waals surface area contributed by atoms with Crippen molar-refractivity contribution in [3.05, 3.63) is 39.3 Å². The van der Waals surface area contributed by atoms with Gasteiger partial charge in [-0.1, -0.05) is 12.2 Å². The summed E-state index contributed by atoms with van der Waals surface area (Å²) in [6.45, 7) is 0.329. The second-order valence-electron chi connectivity index (χ2n) is 27.9. The predicted octanol–water partition coefficient (Wildman–Crippen LogP) is -52.9. The van der Waals surface area contributed by atoms with Crippen molar-refractivity contribution in [3.8, 4) is 0 Å². The van der Waals surface area contributed by atoms with E-state index in [0.717, 1.165) is 34.1 Å². The smallest absolute Gasteiger partial charge is 0.726 e. The molecule has 8 aliphatic rings. The third-order valence-electron chi connectivity index (χ3n) is 18.0. The zero-order valence-corrected chi connectivity index (χ0v) is 109. The molecule has 0 aromatic heterocycles. The predicted molar refractivity (Wildman–Crippen MR) is 384 cm³/mol. The van der Waals surface area contributed by atoms with Crippen molar-refractivity contribution >= 4 is 107 Å². The van der Waals surface area contributed by atoms with Crippen molar-refractivity contribution in [2.75, 3.05) is 39.6 Å². The molecule has 0 aromatic rings. The Kier molecular flexibility index (Phi) is 85.4. The van der Waals surface area contributed by atoms with Gasteiger partial charge in [0, 0.05) is 46.9 Å². The van der Waals surface area contributed by atoms with Crippen LogP contribution in [0.15, 0.2) is 0 Å². The fourth-order valence-corrected chi connectivity index (χ4v) is 15.0. The topological polar surface area (TPSA) is 1030 Å². The number of carbonyl (C=O) groups is 4. The number of ether oxygens (including phenoxy) is 16. The van der Waals surface area contributed by atoms with E-state index in [2.05, 4.69) is 46.4 Å². The normalized spacial score (nSPS) is 34.2. The van der Waals surface area contributed by atoms with Crippen LogP contribution in [0.25, 0.3) is 0 Å². The third-order valence-corrected chi connectivity index (χ3v) is 20.6. The number of aliphatic hydroxyl groups is 9. The second-order valence-corrected chi connectivity index (χ2v) is 35.9. The molecule has 768 valence electrons. The summed E-state index contributed by atoms with van der Waals surface area (Å²) in [4.78, 5) is 50.4. The van der Waals surface area contributed by atoms with Crippen LogP contribution in [0.4, 0.5) is 0 Å². The maximum Gasteiger partial charge on any atom is 1.00 e. The fraction of sp³-hybridized carbons (Fsp3) is 0.825. The number of nitrogens with two attached hydrogens (primary N) is 1. The van der Waals surface area contributed by atoms with E-state index in [4.69, 9.17) is 117 Å². The van der Waals surface area contributed by atoms with E-state index in [0.29, 0.717) is 58.7 Å². The van der Waals surface area contributed by atoms with Gasteiger partial charge in [0.05, 0.1) is 38.6 Å². The van der Waals surface area contributed by atoms with Gasteiger partial charge in [-0.3, -0.25) is 53.4 Å². The molecule has 8 fully saturated rings. The molecule has 8 rings (SSSR count). The number of rotatable bonds is 40. The summed E-state index contributed by atoms with van der Waals surface area (Å²) in [5.74, 6) is -4.00. The minimum Gasteiger partial charge on any atom is -0.726 e. The number of amides is 4. The Hall–Kier alpha value is 7.80. The maximum absolute atomic E-state index is 12.9. The van der Waals surface area contributed by atoms with Crippen LogP contribution in [0.5, 0.6) is 0 Å². The molecule has 0 saturated carbocycles. The summed E-state index contributed by atoms with van der Waals surface area (Å²) in [6.07, 6.45) is -62.8. The first-order chi connectivity index (χ1) is 60.1. The van der Waals surface area contributed by atoms with Gasteiger partial charge < -0.3 is 185 Å². The van der Waals surface area contributed by atoms with E-state index >= 15 is 0 Å². The number of hydrogen-bond acceptors (Lipinski definition) is 60. The van der Waals surface area contributed by atoms with E-state index in [1.165, 1.54) is 0 Å². The molecule has 10 unspecified atom stereocenters. The monoisotopic (exact) mass is 2350 g/mol. The average Bonchev–Trinajstić information content (AvgIpc) is 0.761. The molecule has 0 spiro atoms. The Bertz CT molecular complexity index is 4670. The van der Waals surface area contributed by atoms with Crippen molar-refractivity contribution in [3.63, 3.8) is 0 Å². The van der Waals surface area contributed by atoms with Crippen LogP contribution in [-0.4, -0.2) is 431 Å². The van der Waals surface area contributed by atoms with Crippen LogP contribution in [0.2, 0.25) is 0 Å². The molecular formula is C57H87N5Na12O61S8-2. The molecule has 0 aliphatic carbocycles. The first kappa shape index (κ1) is 164. The van der Waals surface area contributed by atoms with Crippen LogP contribution < -0.4 is 382 Å². The van der Waals surface area contributed by atoms with Gasteiger partial charge in [0.15, 0.2) is 37.7 Å². The number of hydrogen-bond donors (Lipinski definition) is 16. The SMILES string of the molecule is CC(=O)NC1[C@@H](O[C@@H]2[CH-]O[C@@H](O[C@@H]3C(COS(=O)(=O)[O-])O[C@H](O[C@@H]4[CH-]O[C@@H](O[C@@H]5C(COS(=O)(=O)[O-])O[C@H](O[C@@H]6[CH-]O[C@@H](O[C@@H]7C(COS(=O)(=O)[O-])O[C@H](O[C@@H]8[CH-]O[C@@H](OCCCCCN)C(OS(=O)(=O)[O-])[C@H]8O)C(NC(C)=O)[C@H]7O)[CH-][C@@H]6O)C(NC(C)=O)[C@H]5O)C(OS(=O)(=O)[O-])[C@H]4O)C(NC(C)=O)[C@H]3O)[CH-][C@@H]2O)OC(COS(=O)(=O)[O-])[C@@H](O)[C@@H]1O.O=S(=O)([O-])O.O=S(=O)([O-])O.[Na+].[Na+].[Na+].[Na+].[Na+].[Na+].[Na+].[Na+].[Na+].[Na+].[Na+].[Na+]. The Labute approximate surface area is 1080 Å². The molecule has 143 heavy (non-hydrogen) atoms. The van der Waals surface area contributed by atoms with E-state index in [-0.39, 0.29) is 361 Å². The van der Waals surface area contributed by atoms with E-state index in [1.807, 2.05) is 0 Å². The van der Waals surface area contributed by atoms with Gasteiger partial charge in [-0.2, -0.15) is 26.4 Å². The van der Waals surface area contributed by atoms with E-state index in [1.54, 1.807) is 0 Å².